The lowest BCUT2D eigenvalue weighted by atomic mass is 10.1. The van der Waals surface area contributed by atoms with Gasteiger partial charge in [-0.15, -0.1) is 0 Å². The van der Waals surface area contributed by atoms with Crippen LogP contribution in [0.1, 0.15) is 23.2 Å². The fourth-order valence-electron chi connectivity index (χ4n) is 3.82. The molecule has 1 aromatic heterocycles. The highest BCUT2D eigenvalue weighted by atomic mass is 16.3. The first kappa shape index (κ1) is 18.1. The Morgan fingerprint density at radius 1 is 1.04 bits per heavy atom. The van der Waals surface area contributed by atoms with Crippen molar-refractivity contribution in [2.24, 2.45) is 7.05 Å². The van der Waals surface area contributed by atoms with Crippen molar-refractivity contribution < 1.29 is 9.90 Å². The third kappa shape index (κ3) is 2.91. The van der Waals surface area contributed by atoms with Gasteiger partial charge in [0.15, 0.2) is 0 Å². The van der Waals surface area contributed by atoms with Crippen LogP contribution in [0.25, 0.3) is 10.9 Å². The number of aromatic nitrogens is 1. The molecule has 0 saturated carbocycles. The smallest absolute Gasteiger partial charge is 0.267 e. The number of hydrogen-bond donors (Lipinski definition) is 1. The predicted octanol–water partition coefficient (Wildman–Crippen LogP) is 3.12. The number of benzene rings is 2. The minimum atomic E-state index is -0.530. The van der Waals surface area contributed by atoms with Crippen LogP contribution in [-0.2, 0) is 7.05 Å². The molecular weight excluding hydrogens is 354 g/mol. The summed E-state index contributed by atoms with van der Waals surface area (Å²) in [5.41, 5.74) is 1.65. The van der Waals surface area contributed by atoms with E-state index in [0.29, 0.717) is 16.6 Å². The monoisotopic (exact) mass is 377 g/mol. The molecule has 2 aromatic carbocycles. The van der Waals surface area contributed by atoms with Gasteiger partial charge >= 0.3 is 0 Å². The number of rotatable bonds is 3. The van der Waals surface area contributed by atoms with Crippen molar-refractivity contribution in [3.63, 3.8) is 0 Å². The molecule has 2 heterocycles. The second-order valence-corrected chi connectivity index (χ2v) is 7.18. The molecule has 0 aliphatic carbocycles. The average molecular weight is 377 g/mol. The van der Waals surface area contributed by atoms with Crippen LogP contribution in [0.2, 0.25) is 0 Å². The zero-order valence-electron chi connectivity index (χ0n) is 16.1. The molecule has 1 fully saturated rings. The molecule has 4 rings (SSSR count). The average Bonchev–Trinajstić information content (AvgIpc) is 3.26. The number of pyridine rings is 1. The largest absolute Gasteiger partial charge is 0.506 e. The van der Waals surface area contributed by atoms with E-state index in [2.05, 4.69) is 4.90 Å². The van der Waals surface area contributed by atoms with Gasteiger partial charge in [0.1, 0.15) is 11.3 Å². The van der Waals surface area contributed by atoms with Gasteiger partial charge in [-0.2, -0.15) is 0 Å². The lowest BCUT2D eigenvalue weighted by Gasteiger charge is -2.21. The number of fused-ring (bicyclic) bond motifs is 1. The highest BCUT2D eigenvalue weighted by Gasteiger charge is 2.24. The van der Waals surface area contributed by atoms with E-state index >= 15 is 0 Å². The van der Waals surface area contributed by atoms with E-state index < -0.39 is 11.5 Å². The van der Waals surface area contributed by atoms with Gasteiger partial charge in [-0.05, 0) is 49.2 Å². The third-order valence-electron chi connectivity index (χ3n) is 5.50. The first-order chi connectivity index (χ1) is 13.5. The van der Waals surface area contributed by atoms with Crippen molar-refractivity contribution in [1.82, 2.24) is 4.57 Å². The lowest BCUT2D eigenvalue weighted by Crippen LogP contribution is -2.34. The van der Waals surface area contributed by atoms with Gasteiger partial charge in [0.05, 0.1) is 5.52 Å². The lowest BCUT2D eigenvalue weighted by molar-refractivity contribution is 0.0988. The molecule has 0 spiro atoms. The topological polar surface area (TPSA) is 65.8 Å². The molecule has 1 amide bonds. The number of para-hydroxylation sites is 1. The summed E-state index contributed by atoms with van der Waals surface area (Å²) in [6.07, 6.45) is 2.40. The molecular formula is C22H23N3O3. The summed E-state index contributed by atoms with van der Waals surface area (Å²) in [4.78, 5) is 29.5. The summed E-state index contributed by atoms with van der Waals surface area (Å²) >= 11 is 0. The Balaban J connectivity index is 1.70. The number of amides is 1. The van der Waals surface area contributed by atoms with Crippen LogP contribution >= 0.6 is 0 Å². The van der Waals surface area contributed by atoms with Crippen molar-refractivity contribution in [2.45, 2.75) is 12.8 Å². The molecule has 144 valence electrons. The van der Waals surface area contributed by atoms with E-state index in [-0.39, 0.29) is 11.3 Å². The molecule has 1 N–H and O–H groups in total. The van der Waals surface area contributed by atoms with Crippen molar-refractivity contribution in [3.05, 3.63) is 64.4 Å². The van der Waals surface area contributed by atoms with Crippen LogP contribution in [0.15, 0.2) is 53.3 Å². The zero-order chi connectivity index (χ0) is 19.8. The summed E-state index contributed by atoms with van der Waals surface area (Å²) < 4.78 is 1.40. The van der Waals surface area contributed by atoms with Gasteiger partial charge in [0.2, 0.25) is 0 Å². The van der Waals surface area contributed by atoms with E-state index in [9.17, 15) is 14.7 Å². The van der Waals surface area contributed by atoms with Gasteiger partial charge in [-0.25, -0.2) is 0 Å². The summed E-state index contributed by atoms with van der Waals surface area (Å²) in [6, 6.07) is 14.7. The van der Waals surface area contributed by atoms with Crippen LogP contribution in [-0.4, -0.2) is 35.7 Å². The molecule has 1 aliphatic rings. The number of nitrogens with zero attached hydrogens (tertiary/aromatic N) is 3. The van der Waals surface area contributed by atoms with E-state index in [0.717, 1.165) is 18.8 Å². The van der Waals surface area contributed by atoms with Gasteiger partial charge in [0.25, 0.3) is 11.5 Å². The Bertz CT molecular complexity index is 1100. The summed E-state index contributed by atoms with van der Waals surface area (Å²) in [7, 11) is 3.22. The Morgan fingerprint density at radius 2 is 1.68 bits per heavy atom. The van der Waals surface area contributed by atoms with Crippen LogP contribution in [0.4, 0.5) is 11.4 Å². The highest BCUT2D eigenvalue weighted by molar-refractivity contribution is 6.10. The van der Waals surface area contributed by atoms with E-state index in [4.69, 9.17) is 0 Å². The molecule has 6 nitrogen and oxygen atoms in total. The van der Waals surface area contributed by atoms with Crippen LogP contribution in [0, 0.1) is 0 Å². The normalized spacial score (nSPS) is 13.9. The summed E-state index contributed by atoms with van der Waals surface area (Å²) in [6.45, 7) is 2.10. The van der Waals surface area contributed by atoms with Crippen molar-refractivity contribution in [3.8, 4) is 5.75 Å². The second kappa shape index (κ2) is 7.03. The molecule has 1 saturated heterocycles. The molecule has 0 radical (unpaired) electrons. The van der Waals surface area contributed by atoms with Crippen LogP contribution in [0.5, 0.6) is 5.75 Å². The summed E-state index contributed by atoms with van der Waals surface area (Å²) in [5, 5.41) is 11.1. The number of aromatic hydroxyl groups is 1. The Morgan fingerprint density at radius 3 is 2.36 bits per heavy atom. The number of hydrogen-bond acceptors (Lipinski definition) is 4. The number of carbonyl (C=O) groups is 1. The van der Waals surface area contributed by atoms with Gasteiger partial charge in [0, 0.05) is 43.9 Å². The van der Waals surface area contributed by atoms with Crippen LogP contribution < -0.4 is 15.4 Å². The Hall–Kier alpha value is -3.28. The van der Waals surface area contributed by atoms with E-state index in [1.807, 2.05) is 24.3 Å². The van der Waals surface area contributed by atoms with Crippen molar-refractivity contribution in [2.75, 3.05) is 29.9 Å². The molecule has 3 aromatic rings. The first-order valence-electron chi connectivity index (χ1n) is 9.43. The van der Waals surface area contributed by atoms with Gasteiger partial charge in [-0.1, -0.05) is 12.1 Å². The second-order valence-electron chi connectivity index (χ2n) is 7.18. The van der Waals surface area contributed by atoms with Crippen molar-refractivity contribution >= 4 is 28.2 Å². The maximum atomic E-state index is 13.1. The molecule has 0 bridgehead atoms. The third-order valence-corrected chi connectivity index (χ3v) is 5.50. The summed E-state index contributed by atoms with van der Waals surface area (Å²) in [5.74, 6) is -0.804. The van der Waals surface area contributed by atoms with E-state index in [1.165, 1.54) is 22.3 Å². The van der Waals surface area contributed by atoms with E-state index in [1.54, 1.807) is 38.4 Å². The first-order valence-corrected chi connectivity index (χ1v) is 9.43. The maximum absolute atomic E-state index is 13.1. The highest BCUT2D eigenvalue weighted by Crippen LogP contribution is 2.28. The fourth-order valence-corrected chi connectivity index (χ4v) is 3.82. The molecule has 0 atom stereocenters. The standard InChI is InChI=1S/C22H23N3O3/c1-23(15-9-11-16(12-10-15)25-13-5-6-14-25)21(27)19-20(26)17-7-3-4-8-18(17)24(2)22(19)28/h3-4,7-12,26H,5-6,13-14H2,1-2H3. The molecule has 28 heavy (non-hydrogen) atoms. The zero-order valence-corrected chi connectivity index (χ0v) is 16.1. The predicted molar refractivity (Wildman–Crippen MR) is 111 cm³/mol. The number of anilines is 2. The number of carbonyl (C=O) groups excluding carboxylic acids is 1. The molecule has 6 heteroatoms. The quantitative estimate of drug-likeness (QED) is 0.762. The van der Waals surface area contributed by atoms with Gasteiger partial charge < -0.3 is 19.5 Å². The number of aryl methyl sites for hydroxylation is 1. The minimum absolute atomic E-state index is 0.215. The Kier molecular flexibility index (Phi) is 4.55. The minimum Gasteiger partial charge on any atom is -0.506 e. The van der Waals surface area contributed by atoms with Crippen molar-refractivity contribution in [1.29, 1.82) is 0 Å². The molecule has 1 aliphatic heterocycles. The van der Waals surface area contributed by atoms with Gasteiger partial charge in [-0.3, -0.25) is 9.59 Å². The fraction of sp³-hybridized carbons (Fsp3) is 0.273. The maximum Gasteiger partial charge on any atom is 0.267 e. The molecule has 0 unspecified atom stereocenters. The Labute approximate surface area is 163 Å². The van der Waals surface area contributed by atoms with Crippen LogP contribution in [0.3, 0.4) is 0 Å². The SMILES string of the molecule is CN(C(=O)c1c(O)c2ccccc2n(C)c1=O)c1ccc(N2CCCC2)cc1.